The quantitative estimate of drug-likeness (QED) is 0.828. The van der Waals surface area contributed by atoms with Gasteiger partial charge in [-0.2, -0.15) is 0 Å². The van der Waals surface area contributed by atoms with Crippen molar-refractivity contribution in [3.63, 3.8) is 0 Å². The van der Waals surface area contributed by atoms with Crippen LogP contribution in [0.15, 0.2) is 83.8 Å². The molecule has 2 N–H and O–H groups in total. The summed E-state index contributed by atoms with van der Waals surface area (Å²) in [7, 11) is 0. The van der Waals surface area contributed by atoms with E-state index in [1.165, 1.54) is 0 Å². The predicted molar refractivity (Wildman–Crippen MR) is 91.3 cm³/mol. The zero-order valence-electron chi connectivity index (χ0n) is 13.3. The zero-order chi connectivity index (χ0) is 16.2. The molecule has 1 fully saturated rings. The van der Waals surface area contributed by atoms with Gasteiger partial charge < -0.3 is 10.2 Å². The number of allylic oxidation sites excluding steroid dienone is 4. The van der Waals surface area contributed by atoms with Crippen LogP contribution in [0, 0.1) is 11.3 Å². The van der Waals surface area contributed by atoms with Crippen molar-refractivity contribution in [3.05, 3.63) is 95.0 Å². The molecule has 0 aliphatic heterocycles. The van der Waals surface area contributed by atoms with Gasteiger partial charge in [0.25, 0.3) is 0 Å². The SMILES string of the molecule is CC1=C(O)[C@@]2(C)[C@@H](C(O)=C1)C2(c1ccccc1)c1ccccc1. The zero-order valence-corrected chi connectivity index (χ0v) is 13.3. The highest BCUT2D eigenvalue weighted by Crippen LogP contribution is 2.78. The van der Waals surface area contributed by atoms with Gasteiger partial charge in [-0.3, -0.25) is 0 Å². The molecule has 2 aliphatic rings. The summed E-state index contributed by atoms with van der Waals surface area (Å²) in [6.07, 6.45) is 1.70. The minimum atomic E-state index is -0.515. The van der Waals surface area contributed by atoms with E-state index < -0.39 is 10.8 Å². The van der Waals surface area contributed by atoms with Gasteiger partial charge in [-0.15, -0.1) is 0 Å². The van der Waals surface area contributed by atoms with Crippen molar-refractivity contribution in [2.24, 2.45) is 11.3 Å². The van der Waals surface area contributed by atoms with Crippen LogP contribution in [-0.2, 0) is 5.41 Å². The van der Waals surface area contributed by atoms with Crippen molar-refractivity contribution >= 4 is 0 Å². The van der Waals surface area contributed by atoms with Gasteiger partial charge in [0, 0.05) is 11.3 Å². The van der Waals surface area contributed by atoms with Gasteiger partial charge in [0.15, 0.2) is 0 Å². The molecule has 0 saturated heterocycles. The smallest absolute Gasteiger partial charge is 0.103 e. The lowest BCUT2D eigenvalue weighted by molar-refractivity contribution is 0.278. The highest BCUT2D eigenvalue weighted by Gasteiger charge is 2.79. The standard InChI is InChI=1S/C21H20O2/c1-14-13-17(22)18-20(2,19(14)23)21(18,15-9-5-3-6-10-15)16-11-7-4-8-12-16/h3-13,18,22-23H,1-2H3/t18-,20-/m1/s1. The van der Waals surface area contributed by atoms with E-state index in [9.17, 15) is 10.2 Å². The summed E-state index contributed by atoms with van der Waals surface area (Å²) in [5.41, 5.74) is 2.05. The van der Waals surface area contributed by atoms with Crippen LogP contribution < -0.4 is 0 Å². The average molecular weight is 304 g/mol. The minimum absolute atomic E-state index is 0.136. The van der Waals surface area contributed by atoms with Gasteiger partial charge in [-0.1, -0.05) is 67.6 Å². The first-order chi connectivity index (χ1) is 11.0. The molecule has 2 aliphatic carbocycles. The molecule has 1 saturated carbocycles. The molecule has 0 heterocycles. The topological polar surface area (TPSA) is 40.5 Å². The Morgan fingerprint density at radius 2 is 1.30 bits per heavy atom. The Morgan fingerprint density at radius 1 is 0.826 bits per heavy atom. The molecule has 0 unspecified atom stereocenters. The molecule has 4 rings (SSSR count). The number of aliphatic hydroxyl groups is 2. The molecule has 2 aromatic rings. The molecule has 0 spiro atoms. The molecule has 2 heteroatoms. The summed E-state index contributed by atoms with van der Waals surface area (Å²) in [6, 6.07) is 20.4. The van der Waals surface area contributed by atoms with Crippen molar-refractivity contribution < 1.29 is 10.2 Å². The van der Waals surface area contributed by atoms with Crippen LogP contribution >= 0.6 is 0 Å². The van der Waals surface area contributed by atoms with E-state index in [1.54, 1.807) is 6.08 Å². The molecule has 2 nitrogen and oxygen atoms in total. The van der Waals surface area contributed by atoms with E-state index >= 15 is 0 Å². The molecule has 2 aromatic carbocycles. The van der Waals surface area contributed by atoms with Crippen LogP contribution in [0.3, 0.4) is 0 Å². The molecular formula is C21H20O2. The second kappa shape index (κ2) is 4.51. The Bertz CT molecular complexity index is 778. The molecule has 0 amide bonds. The van der Waals surface area contributed by atoms with E-state index in [2.05, 4.69) is 31.2 Å². The third-order valence-electron chi connectivity index (χ3n) is 5.73. The summed E-state index contributed by atoms with van der Waals surface area (Å²) in [5.74, 6) is 0.604. The van der Waals surface area contributed by atoms with Crippen molar-refractivity contribution in [2.45, 2.75) is 19.3 Å². The molecule has 0 bridgehead atoms. The number of rotatable bonds is 2. The van der Waals surface area contributed by atoms with E-state index in [1.807, 2.05) is 43.3 Å². The summed E-state index contributed by atoms with van der Waals surface area (Å²) < 4.78 is 0. The normalized spacial score (nSPS) is 28.1. The van der Waals surface area contributed by atoms with Crippen LogP contribution in [0.1, 0.15) is 25.0 Å². The fourth-order valence-corrected chi connectivity index (χ4v) is 4.74. The molecule has 0 radical (unpaired) electrons. The molecule has 2 atom stereocenters. The largest absolute Gasteiger partial charge is 0.512 e. The highest BCUT2D eigenvalue weighted by atomic mass is 16.3. The van der Waals surface area contributed by atoms with Crippen molar-refractivity contribution in [1.82, 2.24) is 0 Å². The van der Waals surface area contributed by atoms with Crippen LogP contribution in [0.4, 0.5) is 0 Å². The second-order valence-electron chi connectivity index (χ2n) is 6.78. The minimum Gasteiger partial charge on any atom is -0.512 e. The van der Waals surface area contributed by atoms with Gasteiger partial charge in [0.2, 0.25) is 0 Å². The van der Waals surface area contributed by atoms with Crippen molar-refractivity contribution in [1.29, 1.82) is 0 Å². The molecule has 23 heavy (non-hydrogen) atoms. The van der Waals surface area contributed by atoms with Crippen LogP contribution in [-0.4, -0.2) is 10.2 Å². The first-order valence-corrected chi connectivity index (χ1v) is 7.96. The lowest BCUT2D eigenvalue weighted by atomic mass is 9.79. The van der Waals surface area contributed by atoms with Crippen molar-refractivity contribution in [3.8, 4) is 0 Å². The van der Waals surface area contributed by atoms with E-state index in [4.69, 9.17) is 0 Å². The lowest BCUT2D eigenvalue weighted by Crippen LogP contribution is -2.20. The third-order valence-corrected chi connectivity index (χ3v) is 5.73. The maximum absolute atomic E-state index is 10.8. The van der Waals surface area contributed by atoms with Crippen molar-refractivity contribution in [2.75, 3.05) is 0 Å². The monoisotopic (exact) mass is 304 g/mol. The van der Waals surface area contributed by atoms with E-state index in [0.717, 1.165) is 16.7 Å². The fraction of sp³-hybridized carbons (Fsp3) is 0.238. The summed E-state index contributed by atoms with van der Waals surface area (Å²) in [4.78, 5) is 0. The highest BCUT2D eigenvalue weighted by molar-refractivity contribution is 5.62. The molecular weight excluding hydrogens is 284 g/mol. The number of aliphatic hydroxyl groups excluding tert-OH is 2. The van der Waals surface area contributed by atoms with E-state index in [-0.39, 0.29) is 5.92 Å². The van der Waals surface area contributed by atoms with E-state index in [0.29, 0.717) is 11.5 Å². The third kappa shape index (κ3) is 1.53. The Morgan fingerprint density at radius 3 is 1.78 bits per heavy atom. The molecule has 116 valence electrons. The second-order valence-corrected chi connectivity index (χ2v) is 6.78. The van der Waals surface area contributed by atoms with Crippen LogP contribution in [0.2, 0.25) is 0 Å². The first kappa shape index (κ1) is 14.1. The Kier molecular flexibility index (Phi) is 2.77. The average Bonchev–Trinajstić information content (AvgIpc) is 3.18. The predicted octanol–water partition coefficient (Wildman–Crippen LogP) is 4.90. The van der Waals surface area contributed by atoms with Gasteiger partial charge in [0.1, 0.15) is 5.76 Å². The van der Waals surface area contributed by atoms with Crippen LogP contribution in [0.25, 0.3) is 0 Å². The summed E-state index contributed by atoms with van der Waals surface area (Å²) >= 11 is 0. The van der Waals surface area contributed by atoms with Gasteiger partial charge in [0.05, 0.1) is 11.2 Å². The van der Waals surface area contributed by atoms with Crippen LogP contribution in [0.5, 0.6) is 0 Å². The number of hydrogen-bond acceptors (Lipinski definition) is 2. The number of hydrogen-bond donors (Lipinski definition) is 2. The number of fused-ring (bicyclic) bond motifs is 1. The maximum Gasteiger partial charge on any atom is 0.103 e. The Labute approximate surface area is 136 Å². The summed E-state index contributed by atoms with van der Waals surface area (Å²) in [5, 5.41) is 21.5. The fourth-order valence-electron chi connectivity index (χ4n) is 4.74. The number of benzene rings is 2. The lowest BCUT2D eigenvalue weighted by Gasteiger charge is -2.24. The van der Waals surface area contributed by atoms with Gasteiger partial charge >= 0.3 is 0 Å². The molecule has 0 aromatic heterocycles. The first-order valence-electron chi connectivity index (χ1n) is 7.96. The Hall–Kier alpha value is -2.48. The Balaban J connectivity index is 2.04. The van der Waals surface area contributed by atoms with Gasteiger partial charge in [-0.25, -0.2) is 0 Å². The maximum atomic E-state index is 10.8. The summed E-state index contributed by atoms with van der Waals surface area (Å²) in [6.45, 7) is 3.91. The van der Waals surface area contributed by atoms with Gasteiger partial charge in [-0.05, 0) is 29.7 Å².